The zero-order valence-electron chi connectivity index (χ0n) is 12.1. The van der Waals surface area contributed by atoms with Crippen molar-refractivity contribution in [3.63, 3.8) is 0 Å². The second-order valence-corrected chi connectivity index (χ2v) is 12.3. The van der Waals surface area contributed by atoms with Crippen LogP contribution < -0.4 is 13.2 Å². The van der Waals surface area contributed by atoms with E-state index in [1.807, 2.05) is 7.11 Å². The number of rotatable bonds is 4. The molecule has 0 atom stereocenters. The third-order valence-corrected chi connectivity index (χ3v) is 12.3. The van der Waals surface area contributed by atoms with Crippen LogP contribution in [0.25, 0.3) is 0 Å². The molecule has 0 heterocycles. The first-order chi connectivity index (χ1) is 10.4. The van der Waals surface area contributed by atoms with Gasteiger partial charge in [-0.3, -0.25) is 0 Å². The van der Waals surface area contributed by atoms with E-state index in [0.29, 0.717) is 0 Å². The van der Waals surface area contributed by atoms with Gasteiger partial charge in [0.05, 0.1) is 0 Å². The second-order valence-electron chi connectivity index (χ2n) is 4.98. The molecule has 0 saturated heterocycles. The molecule has 3 rings (SSSR count). The van der Waals surface area contributed by atoms with Crippen LogP contribution >= 0.6 is 0 Å². The minimum absolute atomic E-state index is 1.32. The van der Waals surface area contributed by atoms with Crippen molar-refractivity contribution in [3.8, 4) is 0 Å². The van der Waals surface area contributed by atoms with Crippen molar-refractivity contribution in [2.45, 2.75) is 0 Å². The van der Waals surface area contributed by atoms with Gasteiger partial charge in [0, 0.05) is 0 Å². The molecule has 0 spiro atoms. The van der Waals surface area contributed by atoms with E-state index in [4.69, 9.17) is 3.76 Å². The van der Waals surface area contributed by atoms with Crippen LogP contribution in [0.3, 0.4) is 0 Å². The molecule has 0 saturated carbocycles. The molecule has 0 aromatic heterocycles. The van der Waals surface area contributed by atoms with Gasteiger partial charge < -0.3 is 0 Å². The Morgan fingerprint density at radius 3 is 1.05 bits per heavy atom. The van der Waals surface area contributed by atoms with E-state index < -0.39 is 13.6 Å². The van der Waals surface area contributed by atoms with Crippen molar-refractivity contribution in [2.75, 3.05) is 7.11 Å². The van der Waals surface area contributed by atoms with Crippen molar-refractivity contribution in [1.82, 2.24) is 0 Å². The zero-order valence-corrected chi connectivity index (χ0v) is 14.2. The van der Waals surface area contributed by atoms with Gasteiger partial charge in [0.1, 0.15) is 0 Å². The van der Waals surface area contributed by atoms with Gasteiger partial charge >= 0.3 is 129 Å². The van der Waals surface area contributed by atoms with Gasteiger partial charge in [-0.1, -0.05) is 0 Å². The molecule has 1 nitrogen and oxygen atoms in total. The van der Waals surface area contributed by atoms with Gasteiger partial charge in [0.15, 0.2) is 0 Å². The minimum atomic E-state index is -3.03. The van der Waals surface area contributed by atoms with Crippen LogP contribution in [0, 0.1) is 0 Å². The van der Waals surface area contributed by atoms with Crippen molar-refractivity contribution in [1.29, 1.82) is 0 Å². The van der Waals surface area contributed by atoms with Crippen LogP contribution in [0.2, 0.25) is 0 Å². The second kappa shape index (κ2) is 6.29. The first-order valence-corrected chi connectivity index (χ1v) is 11.1. The molecule has 0 aliphatic heterocycles. The van der Waals surface area contributed by atoms with E-state index in [1.165, 1.54) is 13.2 Å². The molecule has 0 radical (unpaired) electrons. The van der Waals surface area contributed by atoms with E-state index in [-0.39, 0.29) is 0 Å². The summed E-state index contributed by atoms with van der Waals surface area (Å²) in [5, 5.41) is 0. The number of benzene rings is 3. The Balaban J connectivity index is 2.29. The maximum absolute atomic E-state index is 6.28. The summed E-state index contributed by atoms with van der Waals surface area (Å²) < 4.78 is 10.2. The number of hydrogen-bond donors (Lipinski definition) is 0. The topological polar surface area (TPSA) is 9.23 Å². The Hall–Kier alpha value is -1.84. The SMILES string of the molecule is C[O][Ge]([c]1ccccc1)([c]1ccccc1)[c]1ccccc1. The molecule has 0 N–H and O–H groups in total. The summed E-state index contributed by atoms with van der Waals surface area (Å²) in [7, 11) is 1.85. The molecular weight excluding hydrogens is 317 g/mol. The Morgan fingerprint density at radius 2 is 0.810 bits per heavy atom. The summed E-state index contributed by atoms with van der Waals surface area (Å²) in [5.74, 6) is 0. The summed E-state index contributed by atoms with van der Waals surface area (Å²) in [6, 6.07) is 31.9. The number of hydrogen-bond acceptors (Lipinski definition) is 1. The van der Waals surface area contributed by atoms with Crippen molar-refractivity contribution in [3.05, 3.63) is 91.0 Å². The Morgan fingerprint density at radius 1 is 0.524 bits per heavy atom. The van der Waals surface area contributed by atoms with E-state index in [2.05, 4.69) is 91.0 Å². The molecule has 2 heteroatoms. The predicted molar refractivity (Wildman–Crippen MR) is 91.0 cm³/mol. The van der Waals surface area contributed by atoms with Gasteiger partial charge in [0.25, 0.3) is 0 Å². The molecule has 3 aromatic carbocycles. The van der Waals surface area contributed by atoms with E-state index in [1.54, 1.807) is 0 Å². The Kier molecular flexibility index (Phi) is 4.23. The molecule has 21 heavy (non-hydrogen) atoms. The molecule has 0 bridgehead atoms. The van der Waals surface area contributed by atoms with E-state index in [0.717, 1.165) is 0 Å². The van der Waals surface area contributed by atoms with Crippen molar-refractivity contribution >= 4 is 26.8 Å². The van der Waals surface area contributed by atoms with Crippen LogP contribution in [0.15, 0.2) is 91.0 Å². The van der Waals surface area contributed by atoms with Crippen LogP contribution in [0.4, 0.5) is 0 Å². The molecular formula is C19H18GeO. The van der Waals surface area contributed by atoms with Crippen LogP contribution in [0.1, 0.15) is 0 Å². The molecule has 0 aliphatic carbocycles. The average Bonchev–Trinajstić information content (AvgIpc) is 2.59. The van der Waals surface area contributed by atoms with Gasteiger partial charge in [0.2, 0.25) is 0 Å². The molecule has 0 aliphatic rings. The Labute approximate surface area is 128 Å². The summed E-state index contributed by atoms with van der Waals surface area (Å²) in [5.41, 5.74) is 0. The van der Waals surface area contributed by atoms with Gasteiger partial charge in [-0.15, -0.1) is 0 Å². The predicted octanol–water partition coefficient (Wildman–Crippen LogP) is 2.30. The van der Waals surface area contributed by atoms with Crippen molar-refractivity contribution < 1.29 is 3.76 Å². The van der Waals surface area contributed by atoms with Gasteiger partial charge in [-0.2, -0.15) is 0 Å². The van der Waals surface area contributed by atoms with Crippen LogP contribution in [0.5, 0.6) is 0 Å². The molecule has 0 fully saturated rings. The fourth-order valence-corrected chi connectivity index (χ4v) is 10.6. The summed E-state index contributed by atoms with van der Waals surface area (Å²) in [6.07, 6.45) is 0. The maximum atomic E-state index is 6.28. The normalized spacial score (nSPS) is 11.3. The zero-order chi connectivity index (χ0) is 14.5. The standard InChI is InChI=1S/C19H18GeO/c1-21-20(17-11-5-2-6-12-17,18-13-7-3-8-14-18)19-15-9-4-10-16-19/h2-16H,1H3. The monoisotopic (exact) mass is 336 g/mol. The third-order valence-electron chi connectivity index (χ3n) is 3.85. The fraction of sp³-hybridized carbons (Fsp3) is 0.0526. The molecule has 104 valence electrons. The van der Waals surface area contributed by atoms with Crippen LogP contribution in [-0.2, 0) is 3.76 Å². The fourth-order valence-electron chi connectivity index (χ4n) is 2.87. The Bertz CT molecular complexity index is 584. The molecule has 3 aromatic rings. The summed E-state index contributed by atoms with van der Waals surface area (Å²) in [6.45, 7) is 0. The van der Waals surface area contributed by atoms with E-state index >= 15 is 0 Å². The first kappa shape index (κ1) is 14.1. The first-order valence-electron chi connectivity index (χ1n) is 7.09. The summed E-state index contributed by atoms with van der Waals surface area (Å²) >= 11 is -3.03. The van der Waals surface area contributed by atoms with Crippen molar-refractivity contribution in [2.24, 2.45) is 0 Å². The average molecular weight is 335 g/mol. The van der Waals surface area contributed by atoms with Crippen LogP contribution in [-0.4, -0.2) is 20.7 Å². The summed E-state index contributed by atoms with van der Waals surface area (Å²) in [4.78, 5) is 0. The molecule has 0 amide bonds. The molecule has 0 unspecified atom stereocenters. The van der Waals surface area contributed by atoms with E-state index in [9.17, 15) is 0 Å². The van der Waals surface area contributed by atoms with Gasteiger partial charge in [-0.25, -0.2) is 0 Å². The quantitative estimate of drug-likeness (QED) is 0.665. The van der Waals surface area contributed by atoms with Gasteiger partial charge in [-0.05, 0) is 0 Å². The third kappa shape index (κ3) is 2.55.